The van der Waals surface area contributed by atoms with Gasteiger partial charge in [0.05, 0.1) is 13.2 Å². The van der Waals surface area contributed by atoms with Crippen LogP contribution in [0.5, 0.6) is 11.5 Å². The lowest BCUT2D eigenvalue weighted by molar-refractivity contribution is 0.194. The van der Waals surface area contributed by atoms with E-state index in [1.807, 2.05) is 0 Å². The third-order valence-corrected chi connectivity index (χ3v) is 1.75. The zero-order chi connectivity index (χ0) is 10.0. The summed E-state index contributed by atoms with van der Waals surface area (Å²) in [6, 6.07) is 2.19. The van der Waals surface area contributed by atoms with E-state index in [0.29, 0.717) is 0 Å². The summed E-state index contributed by atoms with van der Waals surface area (Å²) in [5.41, 5.74) is 0.248. The molecule has 0 saturated carbocycles. The average molecular weight is 186 g/mol. The number of aliphatic hydroxyl groups is 1. The largest absolute Gasteiger partial charge is 0.507 e. The van der Waals surface area contributed by atoms with Crippen molar-refractivity contribution in [1.29, 1.82) is 0 Å². The van der Waals surface area contributed by atoms with E-state index >= 15 is 0 Å². The van der Waals surface area contributed by atoms with E-state index in [9.17, 15) is 14.6 Å². The Hall–Kier alpha value is -1.29. The van der Waals surface area contributed by atoms with Crippen LogP contribution in [0, 0.1) is 5.82 Å². The fraction of sp³-hybridized carbons (Fsp3) is 0.333. The number of hydrogen-bond acceptors (Lipinski definition) is 3. The molecule has 0 aliphatic heterocycles. The van der Waals surface area contributed by atoms with Gasteiger partial charge in [-0.25, -0.2) is 4.39 Å². The molecule has 4 heteroatoms. The number of rotatable bonds is 2. The molecular formula is C9H11FO3. The second-order valence-corrected chi connectivity index (χ2v) is 2.72. The third-order valence-electron chi connectivity index (χ3n) is 1.75. The predicted molar refractivity (Wildman–Crippen MR) is 45.3 cm³/mol. The Labute approximate surface area is 75.4 Å². The van der Waals surface area contributed by atoms with Gasteiger partial charge in [-0.1, -0.05) is 0 Å². The Bertz CT molecular complexity index is 310. The molecule has 0 bridgehead atoms. The van der Waals surface area contributed by atoms with Gasteiger partial charge < -0.3 is 14.9 Å². The molecule has 72 valence electrons. The minimum atomic E-state index is -0.852. The zero-order valence-corrected chi connectivity index (χ0v) is 7.41. The van der Waals surface area contributed by atoms with E-state index in [1.165, 1.54) is 20.1 Å². The molecule has 1 atom stereocenters. The van der Waals surface area contributed by atoms with Crippen molar-refractivity contribution in [2.75, 3.05) is 7.11 Å². The Morgan fingerprint density at radius 2 is 2.08 bits per heavy atom. The van der Waals surface area contributed by atoms with E-state index < -0.39 is 11.9 Å². The van der Waals surface area contributed by atoms with Crippen LogP contribution in [0.3, 0.4) is 0 Å². The molecule has 1 rings (SSSR count). The zero-order valence-electron chi connectivity index (χ0n) is 7.41. The van der Waals surface area contributed by atoms with Crippen molar-refractivity contribution in [2.45, 2.75) is 13.0 Å². The van der Waals surface area contributed by atoms with Gasteiger partial charge in [-0.15, -0.1) is 0 Å². The van der Waals surface area contributed by atoms with E-state index in [2.05, 4.69) is 0 Å². The molecule has 2 N–H and O–H groups in total. The summed E-state index contributed by atoms with van der Waals surface area (Å²) in [6.07, 6.45) is -0.852. The summed E-state index contributed by atoms with van der Waals surface area (Å²) in [4.78, 5) is 0. The van der Waals surface area contributed by atoms with Crippen LogP contribution in [-0.4, -0.2) is 17.3 Å². The molecule has 0 heterocycles. The molecular weight excluding hydrogens is 175 g/mol. The van der Waals surface area contributed by atoms with Gasteiger partial charge in [0.2, 0.25) is 0 Å². The van der Waals surface area contributed by atoms with Crippen molar-refractivity contribution in [1.82, 2.24) is 0 Å². The lowest BCUT2D eigenvalue weighted by Crippen LogP contribution is -1.95. The highest BCUT2D eigenvalue weighted by atomic mass is 19.1. The molecule has 1 unspecified atom stereocenters. The van der Waals surface area contributed by atoms with Crippen molar-refractivity contribution < 1.29 is 19.3 Å². The summed E-state index contributed by atoms with van der Waals surface area (Å²) < 4.78 is 17.6. The second-order valence-electron chi connectivity index (χ2n) is 2.72. The molecule has 0 aliphatic rings. The van der Waals surface area contributed by atoms with Crippen LogP contribution in [0.4, 0.5) is 4.39 Å². The number of ether oxygens (including phenoxy) is 1. The predicted octanol–water partition coefficient (Wildman–Crippen LogP) is 1.59. The minimum absolute atomic E-state index is 0.00806. The van der Waals surface area contributed by atoms with Crippen LogP contribution in [0.1, 0.15) is 18.6 Å². The van der Waals surface area contributed by atoms with Gasteiger partial charge in [0.1, 0.15) is 5.75 Å². The number of methoxy groups -OCH3 is 1. The SMILES string of the molecule is COc1cc(C(C)O)c(O)cc1F. The van der Waals surface area contributed by atoms with Crippen molar-refractivity contribution >= 4 is 0 Å². The Balaban J connectivity index is 3.22. The van der Waals surface area contributed by atoms with E-state index in [0.717, 1.165) is 6.07 Å². The van der Waals surface area contributed by atoms with Crippen molar-refractivity contribution in [3.05, 3.63) is 23.5 Å². The normalized spacial score (nSPS) is 12.6. The van der Waals surface area contributed by atoms with E-state index in [4.69, 9.17) is 4.74 Å². The van der Waals surface area contributed by atoms with Gasteiger partial charge in [-0.2, -0.15) is 0 Å². The number of halogens is 1. The maximum absolute atomic E-state index is 12.9. The van der Waals surface area contributed by atoms with Crippen LogP contribution < -0.4 is 4.74 Å². The first-order valence-corrected chi connectivity index (χ1v) is 3.80. The third kappa shape index (κ3) is 1.89. The second kappa shape index (κ2) is 3.62. The molecule has 0 aromatic heterocycles. The molecule has 0 aliphatic carbocycles. The van der Waals surface area contributed by atoms with Crippen LogP contribution in [0.25, 0.3) is 0 Å². The summed E-state index contributed by atoms with van der Waals surface area (Å²) in [6.45, 7) is 1.48. The summed E-state index contributed by atoms with van der Waals surface area (Å²) >= 11 is 0. The van der Waals surface area contributed by atoms with Crippen LogP contribution in [0.15, 0.2) is 12.1 Å². The maximum Gasteiger partial charge on any atom is 0.168 e. The number of phenols is 1. The van der Waals surface area contributed by atoms with Gasteiger partial charge in [0.25, 0.3) is 0 Å². The van der Waals surface area contributed by atoms with Crippen LogP contribution in [0.2, 0.25) is 0 Å². The smallest absolute Gasteiger partial charge is 0.168 e. The van der Waals surface area contributed by atoms with Gasteiger partial charge in [0, 0.05) is 11.6 Å². The number of benzene rings is 1. The summed E-state index contributed by atoms with van der Waals surface area (Å²) in [7, 11) is 1.32. The summed E-state index contributed by atoms with van der Waals surface area (Å²) in [5, 5.41) is 18.4. The van der Waals surface area contributed by atoms with Crippen LogP contribution in [-0.2, 0) is 0 Å². The average Bonchev–Trinajstić information content (AvgIpc) is 2.03. The molecule has 1 aromatic carbocycles. The first-order valence-electron chi connectivity index (χ1n) is 3.80. The van der Waals surface area contributed by atoms with E-state index in [1.54, 1.807) is 0 Å². The number of aromatic hydroxyl groups is 1. The van der Waals surface area contributed by atoms with Crippen molar-refractivity contribution in [2.24, 2.45) is 0 Å². The minimum Gasteiger partial charge on any atom is -0.507 e. The van der Waals surface area contributed by atoms with Crippen LogP contribution >= 0.6 is 0 Å². The fourth-order valence-electron chi connectivity index (χ4n) is 1.05. The molecule has 0 fully saturated rings. The maximum atomic E-state index is 12.9. The number of hydrogen-bond donors (Lipinski definition) is 2. The monoisotopic (exact) mass is 186 g/mol. The van der Waals surface area contributed by atoms with Gasteiger partial charge >= 0.3 is 0 Å². The first kappa shape index (κ1) is 9.80. The Kier molecular flexibility index (Phi) is 2.72. The van der Waals surface area contributed by atoms with Gasteiger partial charge in [-0.3, -0.25) is 0 Å². The standard InChI is InChI=1S/C9H11FO3/c1-5(11)6-3-9(13-2)7(10)4-8(6)12/h3-5,11-12H,1-2H3. The first-order chi connectivity index (χ1) is 6.06. The van der Waals surface area contributed by atoms with Gasteiger partial charge in [0.15, 0.2) is 11.6 Å². The molecule has 1 aromatic rings. The lowest BCUT2D eigenvalue weighted by atomic mass is 10.1. The molecule has 0 radical (unpaired) electrons. The highest BCUT2D eigenvalue weighted by molar-refractivity contribution is 5.41. The molecule has 0 spiro atoms. The number of aliphatic hydroxyl groups excluding tert-OH is 1. The van der Waals surface area contributed by atoms with Crippen molar-refractivity contribution in [3.8, 4) is 11.5 Å². The Morgan fingerprint density at radius 3 is 2.54 bits per heavy atom. The quantitative estimate of drug-likeness (QED) is 0.737. The topological polar surface area (TPSA) is 49.7 Å². The fourth-order valence-corrected chi connectivity index (χ4v) is 1.05. The van der Waals surface area contributed by atoms with E-state index in [-0.39, 0.29) is 17.1 Å². The number of phenolic OH excluding ortho intramolecular Hbond substituents is 1. The molecule has 3 nitrogen and oxygen atoms in total. The summed E-state index contributed by atoms with van der Waals surface area (Å²) in [5.74, 6) is -0.911. The highest BCUT2D eigenvalue weighted by Gasteiger charge is 2.12. The Morgan fingerprint density at radius 1 is 1.46 bits per heavy atom. The molecule has 0 amide bonds. The molecule has 0 saturated heterocycles. The van der Waals surface area contributed by atoms with Gasteiger partial charge in [-0.05, 0) is 13.0 Å². The van der Waals surface area contributed by atoms with Crippen molar-refractivity contribution in [3.63, 3.8) is 0 Å². The highest BCUT2D eigenvalue weighted by Crippen LogP contribution is 2.30. The molecule has 13 heavy (non-hydrogen) atoms. The lowest BCUT2D eigenvalue weighted by Gasteiger charge is -2.10.